The molecule has 3 fully saturated rings. The average Bonchev–Trinajstić information content (AvgIpc) is 3.68. The van der Waals surface area contributed by atoms with E-state index >= 15 is 0 Å². The molecule has 1 aromatic carbocycles. The first-order valence-corrected chi connectivity index (χ1v) is 21.2. The number of carbonyl (C=O) groups excluding carboxylic acids is 4. The predicted molar refractivity (Wildman–Crippen MR) is 215 cm³/mol. The number of aliphatic hydroxyl groups is 2. The molecule has 9 heteroatoms. The molecular formula is C47H63NO8. The summed E-state index contributed by atoms with van der Waals surface area (Å²) in [6.07, 6.45) is 20.5. The van der Waals surface area contributed by atoms with E-state index in [0.717, 1.165) is 56.9 Å². The summed E-state index contributed by atoms with van der Waals surface area (Å²) in [6.45, 7) is 6.27. The lowest BCUT2D eigenvalue weighted by Crippen LogP contribution is -2.55. The maximum atomic E-state index is 13.9. The highest BCUT2D eigenvalue weighted by atomic mass is 16.7. The van der Waals surface area contributed by atoms with Gasteiger partial charge in [0, 0.05) is 30.2 Å². The Balaban J connectivity index is 1.06. The Morgan fingerprint density at radius 1 is 1.04 bits per heavy atom. The van der Waals surface area contributed by atoms with Crippen LogP contribution in [0.25, 0.3) is 0 Å². The van der Waals surface area contributed by atoms with Crippen LogP contribution in [0.3, 0.4) is 0 Å². The van der Waals surface area contributed by atoms with Gasteiger partial charge in [-0.15, -0.1) is 0 Å². The van der Waals surface area contributed by atoms with Gasteiger partial charge >= 0.3 is 6.16 Å². The second-order valence-corrected chi connectivity index (χ2v) is 17.5. The van der Waals surface area contributed by atoms with Gasteiger partial charge < -0.3 is 25.0 Å². The first kappa shape index (κ1) is 41.8. The van der Waals surface area contributed by atoms with Gasteiger partial charge in [0.05, 0.1) is 6.10 Å². The Hall–Kier alpha value is -3.82. The molecule has 6 rings (SSSR count). The minimum Gasteiger partial charge on any atom is -0.427 e. The number of allylic oxidation sites excluding steroid dienone is 7. The van der Waals surface area contributed by atoms with E-state index in [1.54, 1.807) is 0 Å². The van der Waals surface area contributed by atoms with Gasteiger partial charge in [-0.25, -0.2) is 4.79 Å². The lowest BCUT2D eigenvalue weighted by molar-refractivity contribution is -0.156. The molecule has 0 radical (unpaired) electrons. The van der Waals surface area contributed by atoms with Crippen LogP contribution in [0.2, 0.25) is 0 Å². The quantitative estimate of drug-likeness (QED) is 0.0872. The molecule has 3 N–H and O–H groups in total. The molecule has 56 heavy (non-hydrogen) atoms. The molecule has 5 aliphatic carbocycles. The molecule has 0 unspecified atom stereocenters. The fraction of sp³-hybridized carbons (Fsp3) is 0.617. The van der Waals surface area contributed by atoms with Crippen molar-refractivity contribution in [3.05, 3.63) is 83.5 Å². The smallest absolute Gasteiger partial charge is 0.427 e. The van der Waals surface area contributed by atoms with E-state index in [9.17, 15) is 29.4 Å². The minimum atomic E-state index is -1.62. The van der Waals surface area contributed by atoms with Crippen molar-refractivity contribution >= 4 is 23.6 Å². The van der Waals surface area contributed by atoms with Gasteiger partial charge in [-0.3, -0.25) is 14.4 Å². The summed E-state index contributed by atoms with van der Waals surface area (Å²) in [6, 6.07) is 9.97. The number of unbranched alkanes of at least 4 members (excludes halogenated alkanes) is 1. The zero-order valence-electron chi connectivity index (χ0n) is 33.7. The van der Waals surface area contributed by atoms with Gasteiger partial charge in [-0.1, -0.05) is 79.6 Å². The first-order chi connectivity index (χ1) is 26.9. The van der Waals surface area contributed by atoms with Crippen LogP contribution in [-0.2, 0) is 30.3 Å². The Labute approximate surface area is 333 Å². The number of hydrogen-bond donors (Lipinski definition) is 3. The summed E-state index contributed by atoms with van der Waals surface area (Å²) in [5, 5.41) is 25.7. The molecule has 0 aliphatic heterocycles. The number of fused-ring (bicyclic) bond motifs is 5. The van der Waals surface area contributed by atoms with E-state index < -0.39 is 41.8 Å². The maximum Gasteiger partial charge on any atom is 0.509 e. The van der Waals surface area contributed by atoms with Crippen LogP contribution >= 0.6 is 0 Å². The van der Waals surface area contributed by atoms with Crippen molar-refractivity contribution in [2.45, 2.75) is 135 Å². The largest absolute Gasteiger partial charge is 0.509 e. The van der Waals surface area contributed by atoms with Crippen molar-refractivity contribution in [2.24, 2.45) is 34.5 Å². The first-order valence-electron chi connectivity index (χ1n) is 21.2. The molecule has 304 valence electrons. The van der Waals surface area contributed by atoms with Crippen molar-refractivity contribution in [2.75, 3.05) is 13.2 Å². The number of Topliss-reactive ketones (excluding diaryl/α,β-unsaturated/α-hetero) is 1. The predicted octanol–water partition coefficient (Wildman–Crippen LogP) is 8.09. The van der Waals surface area contributed by atoms with E-state index in [1.165, 1.54) is 11.1 Å². The number of nitrogens with one attached hydrogen (secondary N) is 1. The number of amides is 1. The normalized spacial score (nSPS) is 32.9. The van der Waals surface area contributed by atoms with Crippen LogP contribution < -0.4 is 5.32 Å². The topological polar surface area (TPSA) is 139 Å². The number of aliphatic hydroxyl groups excluding tert-OH is 1. The van der Waals surface area contributed by atoms with Gasteiger partial charge in [0.25, 0.3) is 0 Å². The second-order valence-electron chi connectivity index (χ2n) is 17.5. The number of aryl methyl sites for hydroxylation is 1. The highest BCUT2D eigenvalue weighted by Crippen LogP contribution is 2.65. The summed E-state index contributed by atoms with van der Waals surface area (Å²) >= 11 is 0. The Morgan fingerprint density at radius 3 is 2.62 bits per heavy atom. The van der Waals surface area contributed by atoms with Crippen LogP contribution in [-0.4, -0.2) is 64.8 Å². The van der Waals surface area contributed by atoms with Gasteiger partial charge in [-0.2, -0.15) is 0 Å². The molecule has 5 aliphatic rings. The SMILES string of the molecule is CCNC(=O)CCC/C=C\C[C@H]1[C@@H](O)CC[C@@H]1/C=C/[C@H](CCc1ccccc1)OC(=O)OCC(=O)[C@@]1(O)CC[C@H]2[C@@H]3CCC4=CC(=O)CC[C@]4(C)C3=CC[C@@]21C. The lowest BCUT2D eigenvalue weighted by Gasteiger charge is -2.54. The van der Waals surface area contributed by atoms with Crippen molar-refractivity contribution in [3.63, 3.8) is 0 Å². The number of benzene rings is 1. The second kappa shape index (κ2) is 18.2. The third-order valence-electron chi connectivity index (χ3n) is 14.2. The van der Waals surface area contributed by atoms with Crippen molar-refractivity contribution in [1.82, 2.24) is 5.32 Å². The molecule has 0 heterocycles. The molecule has 1 aromatic rings. The highest BCUT2D eigenvalue weighted by Gasteiger charge is 2.64. The summed E-state index contributed by atoms with van der Waals surface area (Å²) in [5.41, 5.74) is 1.27. The number of ether oxygens (including phenoxy) is 2. The summed E-state index contributed by atoms with van der Waals surface area (Å²) in [4.78, 5) is 51.0. The van der Waals surface area contributed by atoms with E-state index in [2.05, 4.69) is 36.5 Å². The zero-order valence-corrected chi connectivity index (χ0v) is 33.7. The average molecular weight is 770 g/mol. The van der Waals surface area contributed by atoms with Crippen molar-refractivity contribution < 1.29 is 38.9 Å². The standard InChI is InChI=1S/C47H63NO8/c1-4-48-43(52)15-11-6-5-10-14-37-33(18-23-41(37)50)17-21-36(20-16-32-12-8-7-9-13-32)56-44(53)55-31-42(51)47(54)29-26-40-38-22-19-34-30-35(49)24-27-45(34,2)39(38)25-28-46(40,47)3/h5,7-10,12-13,17,21,25,30,33,36-38,40-41,50,54H,4,6,11,14-16,18-20,22-24,26-29,31H2,1-3H3,(H,48,52)/b10-5-,21-17+/t33-,36-,37+,38+,40-,41-,45-,46-,47-/m0/s1. The number of ketones is 2. The number of hydrogen-bond acceptors (Lipinski definition) is 8. The third-order valence-corrected chi connectivity index (χ3v) is 14.2. The third kappa shape index (κ3) is 8.99. The molecule has 1 amide bonds. The van der Waals surface area contributed by atoms with E-state index in [4.69, 9.17) is 9.47 Å². The Bertz CT molecular complexity index is 1710. The van der Waals surface area contributed by atoms with Gasteiger partial charge in [0.2, 0.25) is 11.7 Å². The fourth-order valence-corrected chi connectivity index (χ4v) is 10.8. The molecule has 0 saturated heterocycles. The van der Waals surface area contributed by atoms with E-state index in [0.29, 0.717) is 51.5 Å². The van der Waals surface area contributed by atoms with Gasteiger partial charge in [-0.05, 0) is 132 Å². The number of carbonyl (C=O) groups is 4. The van der Waals surface area contributed by atoms with Crippen molar-refractivity contribution in [1.29, 1.82) is 0 Å². The summed E-state index contributed by atoms with van der Waals surface area (Å²) < 4.78 is 11.3. The molecule has 0 aromatic heterocycles. The molecule has 0 spiro atoms. The molecule has 3 saturated carbocycles. The van der Waals surface area contributed by atoms with Crippen LogP contribution in [0.1, 0.15) is 116 Å². The van der Waals surface area contributed by atoms with Crippen LogP contribution in [0.4, 0.5) is 4.79 Å². The number of rotatable bonds is 16. The molecule has 9 atom stereocenters. The van der Waals surface area contributed by atoms with Crippen LogP contribution in [0, 0.1) is 34.5 Å². The summed E-state index contributed by atoms with van der Waals surface area (Å²) in [7, 11) is 0. The maximum absolute atomic E-state index is 13.9. The van der Waals surface area contributed by atoms with E-state index in [1.807, 2.05) is 56.3 Å². The summed E-state index contributed by atoms with van der Waals surface area (Å²) in [5.74, 6) is 0.302. The zero-order chi connectivity index (χ0) is 39.9. The van der Waals surface area contributed by atoms with E-state index in [-0.39, 0.29) is 40.8 Å². The van der Waals surface area contributed by atoms with Crippen LogP contribution in [0.15, 0.2) is 77.9 Å². The highest BCUT2D eigenvalue weighted by molar-refractivity contribution is 5.92. The van der Waals surface area contributed by atoms with Gasteiger partial charge in [0.15, 0.2) is 12.4 Å². The molecule has 0 bridgehead atoms. The molecular weight excluding hydrogens is 707 g/mol. The van der Waals surface area contributed by atoms with Crippen molar-refractivity contribution in [3.8, 4) is 0 Å². The molecule has 9 nitrogen and oxygen atoms in total. The lowest BCUT2D eigenvalue weighted by atomic mass is 9.50. The fourth-order valence-electron chi connectivity index (χ4n) is 10.8. The Kier molecular flexibility index (Phi) is 13.6. The monoisotopic (exact) mass is 769 g/mol. The minimum absolute atomic E-state index is 0.0372. The van der Waals surface area contributed by atoms with Gasteiger partial charge in [0.1, 0.15) is 11.7 Å². The van der Waals surface area contributed by atoms with Crippen LogP contribution in [0.5, 0.6) is 0 Å². The Morgan fingerprint density at radius 2 is 1.84 bits per heavy atom.